The molecule has 3 atom stereocenters. The summed E-state index contributed by atoms with van der Waals surface area (Å²) in [5.41, 5.74) is 3.03. The van der Waals surface area contributed by atoms with Crippen LogP contribution in [-0.2, 0) is 18.3 Å². The first-order valence-corrected chi connectivity index (χ1v) is 23.8. The summed E-state index contributed by atoms with van der Waals surface area (Å²) in [5, 5.41) is 2.64. The smallest absolute Gasteiger partial charge is 0.261 e. The van der Waals surface area contributed by atoms with Gasteiger partial charge in [-0.05, 0) is 84.4 Å². The molecule has 0 bridgehead atoms. The Kier molecular flexibility index (Phi) is 14.0. The lowest BCUT2D eigenvalue weighted by molar-refractivity contribution is -0.232. The summed E-state index contributed by atoms with van der Waals surface area (Å²) < 4.78 is 27.1. The number of ether oxygens (including phenoxy) is 2. The Balaban J connectivity index is 1.44. The maximum Gasteiger partial charge on any atom is 0.261 e. The van der Waals surface area contributed by atoms with Gasteiger partial charge in [-0.25, -0.2) is 0 Å². The van der Waals surface area contributed by atoms with Gasteiger partial charge in [0.1, 0.15) is 0 Å². The molecule has 49 heavy (non-hydrogen) atoms. The van der Waals surface area contributed by atoms with E-state index in [1.54, 1.807) is 5.57 Å². The van der Waals surface area contributed by atoms with Gasteiger partial charge in [-0.3, -0.25) is 0 Å². The third-order valence-corrected chi connectivity index (χ3v) is 22.2. The second kappa shape index (κ2) is 17.1. The lowest BCUT2D eigenvalue weighted by Gasteiger charge is -2.54. The number of rotatable bonds is 16. The lowest BCUT2D eigenvalue weighted by atomic mass is 9.62. The summed E-state index contributed by atoms with van der Waals surface area (Å²) >= 11 is 0. The predicted molar refractivity (Wildman–Crippen MR) is 213 cm³/mol. The van der Waals surface area contributed by atoms with Gasteiger partial charge in [0.15, 0.2) is 14.1 Å². The van der Waals surface area contributed by atoms with E-state index in [1.165, 1.54) is 34.1 Å². The van der Waals surface area contributed by atoms with Crippen molar-refractivity contribution in [3.8, 4) is 0 Å². The van der Waals surface area contributed by atoms with Gasteiger partial charge in [0.2, 0.25) is 0 Å². The van der Waals surface area contributed by atoms with Crippen LogP contribution in [0.2, 0.25) is 23.2 Å². The zero-order valence-corrected chi connectivity index (χ0v) is 34.7. The molecule has 0 radical (unpaired) electrons. The average Bonchev–Trinajstić information content (AvgIpc) is 3.55. The molecule has 1 saturated carbocycles. The fourth-order valence-corrected chi connectivity index (χ4v) is 16.1. The molecule has 272 valence electrons. The Bertz CT molecular complexity index is 1310. The molecule has 0 unspecified atom stereocenters. The Hall–Kier alpha value is -1.81. The Morgan fingerprint density at radius 1 is 0.857 bits per heavy atom. The molecular weight excluding hydrogens is 637 g/mol. The number of benzene rings is 2. The second-order valence-electron chi connectivity index (χ2n) is 16.2. The van der Waals surface area contributed by atoms with Crippen molar-refractivity contribution >= 4 is 27.0 Å². The molecule has 0 amide bonds. The summed E-state index contributed by atoms with van der Waals surface area (Å²) in [6.45, 7) is 25.5. The van der Waals surface area contributed by atoms with Crippen molar-refractivity contribution in [2.75, 3.05) is 19.8 Å². The summed E-state index contributed by atoms with van der Waals surface area (Å²) in [5.74, 6) is 0.000796. The van der Waals surface area contributed by atoms with E-state index in [0.29, 0.717) is 25.7 Å². The van der Waals surface area contributed by atoms with Crippen molar-refractivity contribution in [1.29, 1.82) is 0 Å². The van der Waals surface area contributed by atoms with Gasteiger partial charge in [-0.1, -0.05) is 139 Å². The fourth-order valence-electron chi connectivity index (χ4n) is 8.61. The van der Waals surface area contributed by atoms with E-state index >= 15 is 0 Å². The first-order valence-electron chi connectivity index (χ1n) is 19.3. The van der Waals surface area contributed by atoms with Gasteiger partial charge < -0.3 is 18.3 Å². The van der Waals surface area contributed by atoms with E-state index in [0.717, 1.165) is 38.5 Å². The molecule has 2 fully saturated rings. The Morgan fingerprint density at radius 2 is 1.41 bits per heavy atom. The number of allylic oxidation sites excluding steroid dienone is 3. The van der Waals surface area contributed by atoms with Crippen LogP contribution in [0.25, 0.3) is 0 Å². The molecule has 1 aliphatic carbocycles. The highest BCUT2D eigenvalue weighted by Crippen LogP contribution is 2.53. The second-order valence-corrected chi connectivity index (χ2v) is 25.3. The molecule has 2 aliphatic rings. The van der Waals surface area contributed by atoms with Crippen LogP contribution in [0.5, 0.6) is 0 Å². The minimum absolute atomic E-state index is 0.0211. The minimum atomic E-state index is -2.54. The Labute approximate surface area is 302 Å². The van der Waals surface area contributed by atoms with E-state index in [1.807, 2.05) is 0 Å². The summed E-state index contributed by atoms with van der Waals surface area (Å²) in [4.78, 5) is 0. The lowest BCUT2D eigenvalue weighted by Crippen LogP contribution is -2.66. The van der Waals surface area contributed by atoms with E-state index in [4.69, 9.17) is 18.3 Å². The van der Waals surface area contributed by atoms with Crippen LogP contribution in [-0.4, -0.2) is 48.3 Å². The maximum atomic E-state index is 7.36. The van der Waals surface area contributed by atoms with Crippen LogP contribution < -0.4 is 10.4 Å². The fraction of sp³-hybridized carbons (Fsp3) is 0.628. The average molecular weight is 705 g/mol. The van der Waals surface area contributed by atoms with Crippen LogP contribution in [0, 0.1) is 11.3 Å². The first-order chi connectivity index (χ1) is 23.3. The molecule has 1 aliphatic heterocycles. The van der Waals surface area contributed by atoms with Crippen LogP contribution in [0.1, 0.15) is 108 Å². The first kappa shape index (κ1) is 40.0. The molecular formula is C43H68O4Si2. The largest absolute Gasteiger partial charge is 0.413 e. The van der Waals surface area contributed by atoms with E-state index in [-0.39, 0.29) is 16.6 Å². The SMILES string of the molecule is C/C=C(\CC/C(C)=C/CO[Si](c1ccccc1)(c1ccccc1)C(C)(C)C)CC[C@@]1(C)[C@@H](O[Si](CC)(CC)CC)CC2(C[C@@H]1C)OCCO2. The summed E-state index contributed by atoms with van der Waals surface area (Å²) in [7, 11) is -4.35. The van der Waals surface area contributed by atoms with E-state index < -0.39 is 22.4 Å². The van der Waals surface area contributed by atoms with Crippen molar-refractivity contribution in [2.45, 2.75) is 143 Å². The highest BCUT2D eigenvalue weighted by atomic mass is 28.4. The van der Waals surface area contributed by atoms with Crippen LogP contribution in [0.3, 0.4) is 0 Å². The molecule has 4 rings (SSSR count). The van der Waals surface area contributed by atoms with E-state index in [9.17, 15) is 0 Å². The Morgan fingerprint density at radius 3 is 1.90 bits per heavy atom. The molecule has 0 N–H and O–H groups in total. The van der Waals surface area contributed by atoms with Gasteiger partial charge >= 0.3 is 0 Å². The molecule has 2 aromatic carbocycles. The van der Waals surface area contributed by atoms with E-state index in [2.05, 4.69) is 142 Å². The quantitative estimate of drug-likeness (QED) is 0.129. The predicted octanol–water partition coefficient (Wildman–Crippen LogP) is 10.6. The number of hydrogen-bond acceptors (Lipinski definition) is 4. The van der Waals surface area contributed by atoms with Crippen LogP contribution in [0.15, 0.2) is 84.0 Å². The highest BCUT2D eigenvalue weighted by Gasteiger charge is 2.55. The normalized spacial score (nSPS) is 23.7. The summed E-state index contributed by atoms with van der Waals surface area (Å²) in [6.07, 6.45) is 11.1. The van der Waals surface area contributed by atoms with Crippen molar-refractivity contribution in [2.24, 2.45) is 11.3 Å². The van der Waals surface area contributed by atoms with Crippen LogP contribution in [0.4, 0.5) is 0 Å². The van der Waals surface area contributed by atoms with Gasteiger partial charge in [-0.15, -0.1) is 0 Å². The van der Waals surface area contributed by atoms with Crippen molar-refractivity contribution in [1.82, 2.24) is 0 Å². The minimum Gasteiger partial charge on any atom is -0.413 e. The molecule has 6 heteroatoms. The molecule has 1 spiro atoms. The molecule has 4 nitrogen and oxygen atoms in total. The standard InChI is InChI=1S/C43H68O4Si2/c1-11-37(27-29-42(10)36(6)33-43(44-31-32-45-43)34-40(42)47-48(12-2,13-3)14-4)26-25-35(5)28-30-46-49(41(7,8)9,38-21-17-15-18-22-38)39-23-19-16-20-24-39/h11,15-24,28,36,40H,12-14,25-27,29-34H2,1-10H3/b35-28+,37-11+/t36-,40-,42+/m0/s1. The zero-order chi connectivity index (χ0) is 35.8. The van der Waals surface area contributed by atoms with Crippen molar-refractivity contribution in [3.63, 3.8) is 0 Å². The van der Waals surface area contributed by atoms with Crippen molar-refractivity contribution in [3.05, 3.63) is 84.0 Å². The zero-order valence-electron chi connectivity index (χ0n) is 32.7. The van der Waals surface area contributed by atoms with Gasteiger partial charge in [0, 0.05) is 12.8 Å². The third-order valence-electron chi connectivity index (χ3n) is 12.5. The molecule has 1 heterocycles. The highest BCUT2D eigenvalue weighted by molar-refractivity contribution is 6.99. The van der Waals surface area contributed by atoms with Crippen LogP contribution >= 0.6 is 0 Å². The number of hydrogen-bond donors (Lipinski definition) is 0. The molecule has 2 aromatic rings. The van der Waals surface area contributed by atoms with Gasteiger partial charge in [-0.2, -0.15) is 0 Å². The van der Waals surface area contributed by atoms with Gasteiger partial charge in [0.25, 0.3) is 8.32 Å². The molecule has 0 aromatic heterocycles. The maximum absolute atomic E-state index is 7.36. The topological polar surface area (TPSA) is 36.9 Å². The molecule has 1 saturated heterocycles. The third kappa shape index (κ3) is 8.99. The van der Waals surface area contributed by atoms with Gasteiger partial charge in [0.05, 0.1) is 25.9 Å². The summed E-state index contributed by atoms with van der Waals surface area (Å²) in [6, 6.07) is 25.4. The van der Waals surface area contributed by atoms with Crippen molar-refractivity contribution < 1.29 is 18.3 Å². The monoisotopic (exact) mass is 704 g/mol.